The van der Waals surface area contributed by atoms with Crippen LogP contribution in [0.4, 0.5) is 38.5 Å². The standard InChI is InChI=1S/C24H27FN4O4S2.C22H27N5O5S2.2ClH/c1-18-8-9-19(25)16-24(18)35(32,33)27-22-11-10-20(29-14-5-12-26-13-15-29)17-23(22)28-34(30,31)21-6-3-2-4-7-21;1-16-22(17(2)32-24-16)34(30,31)25-20-10-9-18(27-13-6-11-23-12-14-27)15-21(20)26-33(28,29)19-7-4-3-5-8-19;;/h2-4,6-11,16-17,26-28H,5,12-15H2,1H3;3-5,7-10,15,23,25-26H,6,11-14H2,1-2H3;2*1H. The van der Waals surface area contributed by atoms with E-state index >= 15 is 0 Å². The Hall–Kier alpha value is -5.66. The Kier molecular flexibility index (Phi) is 19.2. The van der Waals surface area contributed by atoms with Crippen LogP contribution < -0.4 is 39.3 Å². The average Bonchev–Trinajstić information content (AvgIpc) is 3.55. The van der Waals surface area contributed by atoms with Crippen LogP contribution in [-0.2, 0) is 40.1 Å². The van der Waals surface area contributed by atoms with Crippen molar-refractivity contribution in [3.63, 3.8) is 0 Å². The van der Waals surface area contributed by atoms with Gasteiger partial charge in [-0.15, -0.1) is 24.8 Å². The van der Waals surface area contributed by atoms with Crippen molar-refractivity contribution in [1.29, 1.82) is 0 Å². The third kappa shape index (κ3) is 14.3. The number of nitrogens with one attached hydrogen (secondary N) is 6. The minimum Gasteiger partial charge on any atom is -0.370 e. The van der Waals surface area contributed by atoms with Crippen LogP contribution in [-0.4, -0.2) is 91.2 Å². The van der Waals surface area contributed by atoms with Gasteiger partial charge in [0.05, 0.1) is 37.4 Å². The summed E-state index contributed by atoms with van der Waals surface area (Å²) in [6.45, 7) is 11.0. The van der Waals surface area contributed by atoms with Gasteiger partial charge in [-0.1, -0.05) is 47.6 Å². The van der Waals surface area contributed by atoms with Gasteiger partial charge in [0.2, 0.25) is 0 Å². The Labute approximate surface area is 427 Å². The van der Waals surface area contributed by atoms with Crippen LogP contribution in [0, 0.1) is 26.6 Å². The fourth-order valence-electron chi connectivity index (χ4n) is 7.74. The number of sulfonamides is 4. The van der Waals surface area contributed by atoms with Gasteiger partial charge in [-0.05, 0) is 125 Å². The molecule has 0 radical (unpaired) electrons. The molecule has 0 spiro atoms. The van der Waals surface area contributed by atoms with Gasteiger partial charge < -0.3 is 25.0 Å². The van der Waals surface area contributed by atoms with Crippen molar-refractivity contribution in [3.8, 4) is 0 Å². The van der Waals surface area contributed by atoms with Gasteiger partial charge in [0.25, 0.3) is 40.1 Å². The molecule has 2 aliphatic rings. The van der Waals surface area contributed by atoms with Gasteiger partial charge in [-0.2, -0.15) is 0 Å². The summed E-state index contributed by atoms with van der Waals surface area (Å²) in [6, 6.07) is 29.1. The number of benzene rings is 5. The van der Waals surface area contributed by atoms with Crippen molar-refractivity contribution in [2.24, 2.45) is 0 Å². The Morgan fingerprint density at radius 1 is 0.521 bits per heavy atom. The number of aryl methyl sites for hydroxylation is 3. The van der Waals surface area contributed by atoms with E-state index in [0.717, 1.165) is 82.6 Å². The second-order valence-corrected chi connectivity index (χ2v) is 22.9. The maximum absolute atomic E-state index is 13.8. The SMILES string of the molecule is Cc1ccc(F)cc1S(=O)(=O)Nc1ccc(N2CCCNCC2)cc1NS(=O)(=O)c1ccccc1.Cc1noc(C)c1S(=O)(=O)Nc1ccc(N2CCCNCC2)cc1NS(=O)(=O)c1ccccc1.Cl.Cl. The maximum Gasteiger partial charge on any atom is 0.267 e. The highest BCUT2D eigenvalue weighted by molar-refractivity contribution is 7.94. The van der Waals surface area contributed by atoms with Gasteiger partial charge in [-0.25, -0.2) is 38.1 Å². The molecule has 0 atom stereocenters. The highest BCUT2D eigenvalue weighted by Gasteiger charge is 2.28. The van der Waals surface area contributed by atoms with E-state index in [-0.39, 0.29) is 78.6 Å². The van der Waals surface area contributed by atoms with Gasteiger partial charge >= 0.3 is 0 Å². The lowest BCUT2D eigenvalue weighted by atomic mass is 10.2. The number of anilines is 6. The van der Waals surface area contributed by atoms with Crippen LogP contribution in [0.5, 0.6) is 0 Å². The molecule has 2 saturated heterocycles. The fourth-order valence-corrected chi connectivity index (χ4v) is 12.7. The second-order valence-electron chi connectivity index (χ2n) is 16.3. The normalized spacial score (nSPS) is 14.5. The maximum atomic E-state index is 13.8. The number of hydrogen-bond donors (Lipinski definition) is 6. The molecule has 5 aromatic carbocycles. The predicted molar refractivity (Wildman–Crippen MR) is 280 cm³/mol. The first-order valence-electron chi connectivity index (χ1n) is 21.9. The first-order chi connectivity index (χ1) is 32.8. The molecule has 1 aromatic heterocycles. The summed E-state index contributed by atoms with van der Waals surface area (Å²) in [5, 5.41) is 10.4. The number of nitrogens with zero attached hydrogens (tertiary/aromatic N) is 3. The predicted octanol–water partition coefficient (Wildman–Crippen LogP) is 7.07. The summed E-state index contributed by atoms with van der Waals surface area (Å²) in [4.78, 5) is 4.05. The number of halogens is 3. The third-order valence-electron chi connectivity index (χ3n) is 11.2. The summed E-state index contributed by atoms with van der Waals surface area (Å²) >= 11 is 0. The summed E-state index contributed by atoms with van der Waals surface area (Å²) < 4.78 is 134. The largest absolute Gasteiger partial charge is 0.370 e. The lowest BCUT2D eigenvalue weighted by Gasteiger charge is -2.24. The van der Waals surface area contributed by atoms with E-state index in [9.17, 15) is 38.1 Å². The highest BCUT2D eigenvalue weighted by Crippen LogP contribution is 2.35. The molecule has 0 unspecified atom stereocenters. The molecule has 25 heteroatoms. The van der Waals surface area contributed by atoms with Gasteiger partial charge in [0.15, 0.2) is 10.7 Å². The van der Waals surface area contributed by atoms with Crippen molar-refractivity contribution in [2.45, 2.75) is 53.2 Å². The molecular formula is C46H56Cl2FN9O9S4. The fraction of sp³-hybridized carbons (Fsp3) is 0.283. The topological polar surface area (TPSA) is 241 Å². The van der Waals surface area contributed by atoms with E-state index in [0.29, 0.717) is 5.56 Å². The molecule has 8 rings (SSSR count). The van der Waals surface area contributed by atoms with Crippen LogP contribution in [0.25, 0.3) is 0 Å². The first-order valence-corrected chi connectivity index (χ1v) is 27.9. The zero-order chi connectivity index (χ0) is 49.4. The number of hydrogen-bond acceptors (Lipinski definition) is 14. The van der Waals surface area contributed by atoms with Crippen LogP contribution in [0.3, 0.4) is 0 Å². The molecule has 71 heavy (non-hydrogen) atoms. The van der Waals surface area contributed by atoms with Crippen LogP contribution in [0.1, 0.15) is 29.9 Å². The number of rotatable bonds is 14. The van der Waals surface area contributed by atoms with Gasteiger partial charge in [0, 0.05) is 50.6 Å². The Bertz CT molecular complexity index is 3200. The van der Waals surface area contributed by atoms with Gasteiger partial charge in [0.1, 0.15) is 11.5 Å². The molecule has 6 aromatic rings. The zero-order valence-corrected chi connectivity index (χ0v) is 43.8. The zero-order valence-electron chi connectivity index (χ0n) is 38.9. The van der Waals surface area contributed by atoms with E-state index in [1.54, 1.807) is 73.7 Å². The molecular weight excluding hydrogens is 1040 g/mol. The second kappa shape index (κ2) is 24.2. The molecule has 18 nitrogen and oxygen atoms in total. The van der Waals surface area contributed by atoms with E-state index in [4.69, 9.17) is 4.52 Å². The van der Waals surface area contributed by atoms with Crippen molar-refractivity contribution in [2.75, 3.05) is 81.0 Å². The van der Waals surface area contributed by atoms with E-state index in [1.807, 2.05) is 0 Å². The first kappa shape index (κ1) is 56.3. The van der Waals surface area contributed by atoms with Crippen LogP contribution >= 0.6 is 24.8 Å². The quantitative estimate of drug-likeness (QED) is 0.0640. The molecule has 3 heterocycles. The average molecular weight is 1100 g/mol. The molecule has 0 amide bonds. The van der Waals surface area contributed by atoms with Crippen molar-refractivity contribution < 1.29 is 42.6 Å². The highest BCUT2D eigenvalue weighted by atomic mass is 35.5. The lowest BCUT2D eigenvalue weighted by molar-refractivity contribution is 0.390. The Morgan fingerprint density at radius 2 is 0.972 bits per heavy atom. The molecule has 384 valence electrons. The molecule has 0 saturated carbocycles. The minimum absolute atomic E-state index is 0. The molecule has 2 aliphatic heterocycles. The smallest absolute Gasteiger partial charge is 0.267 e. The minimum atomic E-state index is -4.20. The van der Waals surface area contributed by atoms with Crippen LogP contribution in [0.15, 0.2) is 139 Å². The summed E-state index contributed by atoms with van der Waals surface area (Å²) in [6.07, 6.45) is 1.85. The third-order valence-corrected chi connectivity index (χ3v) is 17.1. The molecule has 0 bridgehead atoms. The number of aromatic nitrogens is 1. The molecule has 0 aliphatic carbocycles. The van der Waals surface area contributed by atoms with Crippen molar-refractivity contribution >= 4 is 99.0 Å². The summed E-state index contributed by atoms with van der Waals surface area (Å²) in [7, 11) is -16.2. The monoisotopic (exact) mass is 1100 g/mol. The van der Waals surface area contributed by atoms with Crippen molar-refractivity contribution in [3.05, 3.63) is 138 Å². The summed E-state index contributed by atoms with van der Waals surface area (Å²) in [5.74, 6) is -0.545. The van der Waals surface area contributed by atoms with Crippen molar-refractivity contribution in [1.82, 2.24) is 15.8 Å². The van der Waals surface area contributed by atoms with E-state index < -0.39 is 45.9 Å². The van der Waals surface area contributed by atoms with Gasteiger partial charge in [-0.3, -0.25) is 18.9 Å². The molecule has 2 fully saturated rings. The summed E-state index contributed by atoms with van der Waals surface area (Å²) in [5.41, 5.74) is 2.43. The van der Waals surface area contributed by atoms with Crippen LogP contribution in [0.2, 0.25) is 0 Å². The lowest BCUT2D eigenvalue weighted by Crippen LogP contribution is -2.28. The van der Waals surface area contributed by atoms with E-state index in [1.165, 1.54) is 56.3 Å². The Balaban J connectivity index is 0.000000257. The Morgan fingerprint density at radius 3 is 1.42 bits per heavy atom. The van der Waals surface area contributed by atoms with E-state index in [2.05, 4.69) is 44.5 Å². The molecule has 6 N–H and O–H groups in total.